The molecular weight excluding hydrogens is 268 g/mol. The predicted molar refractivity (Wildman–Crippen MR) is 79.9 cm³/mol. The van der Waals surface area contributed by atoms with Crippen LogP contribution in [0.15, 0.2) is 0 Å². The van der Waals surface area contributed by atoms with E-state index in [0.29, 0.717) is 18.3 Å². The molecule has 18 heavy (non-hydrogen) atoms. The van der Waals surface area contributed by atoms with E-state index in [4.69, 9.17) is 5.73 Å². The molecule has 0 aromatic carbocycles. The Morgan fingerprint density at radius 1 is 1.50 bits per heavy atom. The lowest BCUT2D eigenvalue weighted by atomic mass is 9.92. The fourth-order valence-electron chi connectivity index (χ4n) is 2.84. The Kier molecular flexibility index (Phi) is 5.96. The quantitative estimate of drug-likeness (QED) is 0.791. The van der Waals surface area contributed by atoms with Gasteiger partial charge in [0.1, 0.15) is 0 Å². The molecular formula is C12H26N2O2S2. The van der Waals surface area contributed by atoms with Crippen molar-refractivity contribution in [3.8, 4) is 0 Å². The summed E-state index contributed by atoms with van der Waals surface area (Å²) in [6.45, 7) is 2.58. The maximum absolute atomic E-state index is 11.9. The number of hydrogen-bond donors (Lipinski definition) is 1. The Morgan fingerprint density at radius 2 is 2.17 bits per heavy atom. The van der Waals surface area contributed by atoms with Gasteiger partial charge in [0.2, 0.25) is 0 Å². The molecule has 1 saturated heterocycles. The molecule has 1 aliphatic rings. The van der Waals surface area contributed by atoms with Gasteiger partial charge >= 0.3 is 0 Å². The molecule has 0 aromatic heterocycles. The molecule has 0 amide bonds. The Hall–Kier alpha value is 0.220. The normalized spacial score (nSPS) is 29.4. The van der Waals surface area contributed by atoms with E-state index in [1.54, 1.807) is 11.8 Å². The highest BCUT2D eigenvalue weighted by Gasteiger charge is 2.42. The van der Waals surface area contributed by atoms with Crippen LogP contribution in [0.4, 0.5) is 0 Å². The Bertz CT molecular complexity index is 359. The van der Waals surface area contributed by atoms with Gasteiger partial charge in [0.25, 0.3) is 0 Å². The van der Waals surface area contributed by atoms with Gasteiger partial charge in [-0.1, -0.05) is 6.92 Å². The summed E-state index contributed by atoms with van der Waals surface area (Å²) in [5, 5.41) is 0. The van der Waals surface area contributed by atoms with E-state index in [2.05, 4.69) is 18.1 Å². The second-order valence-electron chi connectivity index (χ2n) is 5.25. The molecule has 4 nitrogen and oxygen atoms in total. The van der Waals surface area contributed by atoms with Crippen molar-refractivity contribution >= 4 is 21.6 Å². The van der Waals surface area contributed by atoms with Gasteiger partial charge in [-0.05, 0) is 32.6 Å². The molecule has 2 N–H and O–H groups in total. The summed E-state index contributed by atoms with van der Waals surface area (Å²) < 4.78 is 23.8. The van der Waals surface area contributed by atoms with Crippen LogP contribution in [0.2, 0.25) is 0 Å². The summed E-state index contributed by atoms with van der Waals surface area (Å²) in [6.07, 6.45) is 4.74. The molecule has 1 heterocycles. The van der Waals surface area contributed by atoms with Crippen LogP contribution in [0.3, 0.4) is 0 Å². The second-order valence-corrected chi connectivity index (χ2v) is 8.35. The van der Waals surface area contributed by atoms with Crippen LogP contribution < -0.4 is 5.73 Å². The first-order valence-corrected chi connectivity index (χ1v) is 9.74. The van der Waals surface area contributed by atoms with Crippen molar-refractivity contribution in [1.82, 2.24) is 4.90 Å². The van der Waals surface area contributed by atoms with Gasteiger partial charge in [-0.3, -0.25) is 4.90 Å². The van der Waals surface area contributed by atoms with Crippen LogP contribution in [-0.4, -0.2) is 62.0 Å². The van der Waals surface area contributed by atoms with Crippen molar-refractivity contribution in [2.24, 2.45) is 5.73 Å². The summed E-state index contributed by atoms with van der Waals surface area (Å²) in [7, 11) is -0.893. The molecule has 6 heteroatoms. The maximum atomic E-state index is 11.9. The number of rotatable bonds is 6. The molecule has 1 rings (SSSR count). The van der Waals surface area contributed by atoms with Gasteiger partial charge in [-0.25, -0.2) is 8.42 Å². The number of likely N-dealkylation sites (N-methyl/N-ethyl adjacent to an activating group) is 1. The molecule has 1 aliphatic heterocycles. The van der Waals surface area contributed by atoms with Gasteiger partial charge in [0.05, 0.1) is 11.5 Å². The molecule has 1 fully saturated rings. The van der Waals surface area contributed by atoms with E-state index in [-0.39, 0.29) is 11.3 Å². The first kappa shape index (κ1) is 16.3. The lowest BCUT2D eigenvalue weighted by Gasteiger charge is -2.47. The summed E-state index contributed by atoms with van der Waals surface area (Å²) >= 11 is 1.80. The van der Waals surface area contributed by atoms with Crippen molar-refractivity contribution in [1.29, 1.82) is 0 Å². The fraction of sp³-hybridized carbons (Fsp3) is 1.00. The van der Waals surface area contributed by atoms with Crippen molar-refractivity contribution in [2.75, 3.05) is 37.1 Å². The SMILES string of the molecule is CCC(CSC)N(C)C1(CN)CCCS(=O)(=O)C1. The Balaban J connectivity index is 2.92. The number of thioether (sulfide) groups is 1. The van der Waals surface area contributed by atoms with E-state index in [0.717, 1.165) is 25.0 Å². The molecule has 2 unspecified atom stereocenters. The van der Waals surface area contributed by atoms with Gasteiger partial charge < -0.3 is 5.73 Å². The average Bonchev–Trinajstić information content (AvgIpc) is 2.33. The lowest BCUT2D eigenvalue weighted by Crippen LogP contribution is -2.62. The molecule has 0 spiro atoms. The zero-order valence-electron chi connectivity index (χ0n) is 11.7. The van der Waals surface area contributed by atoms with E-state index in [1.807, 2.05) is 7.05 Å². The molecule has 0 saturated carbocycles. The molecule has 0 bridgehead atoms. The highest BCUT2D eigenvalue weighted by atomic mass is 32.2. The predicted octanol–water partition coefficient (Wildman–Crippen LogP) is 0.966. The minimum atomic E-state index is -2.93. The number of sulfone groups is 1. The summed E-state index contributed by atoms with van der Waals surface area (Å²) in [5.41, 5.74) is 5.58. The van der Waals surface area contributed by atoms with E-state index < -0.39 is 9.84 Å². The molecule has 108 valence electrons. The Morgan fingerprint density at radius 3 is 2.61 bits per heavy atom. The molecule has 0 radical (unpaired) electrons. The van der Waals surface area contributed by atoms with E-state index >= 15 is 0 Å². The number of hydrogen-bond acceptors (Lipinski definition) is 5. The van der Waals surface area contributed by atoms with Crippen molar-refractivity contribution in [3.05, 3.63) is 0 Å². The summed E-state index contributed by atoms with van der Waals surface area (Å²) in [5.74, 6) is 1.56. The first-order valence-electron chi connectivity index (χ1n) is 6.53. The zero-order chi connectivity index (χ0) is 13.8. The van der Waals surface area contributed by atoms with E-state index in [9.17, 15) is 8.42 Å². The van der Waals surface area contributed by atoms with Crippen molar-refractivity contribution < 1.29 is 8.42 Å². The second kappa shape index (κ2) is 6.59. The van der Waals surface area contributed by atoms with Crippen molar-refractivity contribution in [2.45, 2.75) is 37.8 Å². The third-order valence-electron chi connectivity index (χ3n) is 4.09. The third kappa shape index (κ3) is 3.62. The van der Waals surface area contributed by atoms with Crippen LogP contribution in [-0.2, 0) is 9.84 Å². The molecule has 0 aromatic rings. The highest BCUT2D eigenvalue weighted by Crippen LogP contribution is 2.30. The lowest BCUT2D eigenvalue weighted by molar-refractivity contribution is 0.0907. The molecule has 0 aliphatic carbocycles. The van der Waals surface area contributed by atoms with Gasteiger partial charge in [-0.2, -0.15) is 11.8 Å². The summed E-state index contributed by atoms with van der Waals surface area (Å²) in [6, 6.07) is 0.400. The van der Waals surface area contributed by atoms with Gasteiger partial charge in [0.15, 0.2) is 9.84 Å². The zero-order valence-corrected chi connectivity index (χ0v) is 13.3. The number of nitrogens with two attached hydrogens (primary N) is 1. The largest absolute Gasteiger partial charge is 0.329 e. The minimum absolute atomic E-state index is 0.220. The van der Waals surface area contributed by atoms with Crippen LogP contribution in [0, 0.1) is 0 Å². The Labute approximate surface area is 116 Å². The number of nitrogens with zero attached hydrogens (tertiary/aromatic N) is 1. The minimum Gasteiger partial charge on any atom is -0.329 e. The highest BCUT2D eigenvalue weighted by molar-refractivity contribution is 7.98. The monoisotopic (exact) mass is 294 g/mol. The summed E-state index contributed by atoms with van der Waals surface area (Å²) in [4.78, 5) is 2.24. The van der Waals surface area contributed by atoms with Crippen molar-refractivity contribution in [3.63, 3.8) is 0 Å². The van der Waals surface area contributed by atoms with Crippen LogP contribution in [0.25, 0.3) is 0 Å². The van der Waals surface area contributed by atoms with Crippen LogP contribution in [0.5, 0.6) is 0 Å². The van der Waals surface area contributed by atoms with Gasteiger partial charge in [-0.15, -0.1) is 0 Å². The first-order chi connectivity index (χ1) is 8.40. The van der Waals surface area contributed by atoms with Crippen LogP contribution in [0.1, 0.15) is 26.2 Å². The third-order valence-corrected chi connectivity index (χ3v) is 6.70. The average molecular weight is 294 g/mol. The smallest absolute Gasteiger partial charge is 0.152 e. The van der Waals surface area contributed by atoms with Gasteiger partial charge in [0, 0.05) is 23.9 Å². The van der Waals surface area contributed by atoms with Crippen LogP contribution >= 0.6 is 11.8 Å². The molecule has 2 atom stereocenters. The van der Waals surface area contributed by atoms with E-state index in [1.165, 1.54) is 0 Å². The maximum Gasteiger partial charge on any atom is 0.152 e. The fourth-order valence-corrected chi connectivity index (χ4v) is 5.70. The standard InChI is InChI=1S/C12H26N2O2S2/c1-4-11(8-17-3)14(2)12(9-13)6-5-7-18(15,16)10-12/h11H,4-10,13H2,1-3H3. The topological polar surface area (TPSA) is 63.4 Å².